The van der Waals surface area contributed by atoms with Crippen molar-refractivity contribution in [3.8, 4) is 5.69 Å². The Labute approximate surface area is 125 Å². The molecule has 0 spiro atoms. The average molecular weight is 302 g/mol. The second kappa shape index (κ2) is 5.57. The number of carbonyl (C=O) groups excluding carboxylic acids is 1. The summed E-state index contributed by atoms with van der Waals surface area (Å²) in [5.74, 6) is -1.60. The van der Waals surface area contributed by atoms with Gasteiger partial charge in [0.15, 0.2) is 0 Å². The van der Waals surface area contributed by atoms with Gasteiger partial charge in [-0.2, -0.15) is 15.0 Å². The van der Waals surface area contributed by atoms with Crippen LogP contribution in [0.4, 0.5) is 0 Å². The summed E-state index contributed by atoms with van der Waals surface area (Å²) < 4.78 is 5.10. The number of carbonyl (C=O) groups is 2. The lowest BCUT2D eigenvalue weighted by atomic mass is 10.1. The molecule has 8 heteroatoms. The quantitative estimate of drug-likeness (QED) is 0.884. The van der Waals surface area contributed by atoms with E-state index in [9.17, 15) is 9.59 Å². The predicted octanol–water partition coefficient (Wildman–Crippen LogP) is 0.459. The third-order valence-electron chi connectivity index (χ3n) is 3.38. The van der Waals surface area contributed by atoms with Crippen LogP contribution in [0.15, 0.2) is 30.6 Å². The van der Waals surface area contributed by atoms with E-state index >= 15 is 0 Å². The fraction of sp³-hybridized carbons (Fsp3) is 0.286. The van der Waals surface area contributed by atoms with Crippen molar-refractivity contribution in [2.75, 3.05) is 13.2 Å². The van der Waals surface area contributed by atoms with Gasteiger partial charge in [0.2, 0.25) is 6.23 Å². The van der Waals surface area contributed by atoms with E-state index in [0.717, 1.165) is 5.56 Å². The molecule has 1 fully saturated rings. The molecule has 2 aromatic rings. The lowest BCUT2D eigenvalue weighted by molar-refractivity contribution is -0.152. The van der Waals surface area contributed by atoms with Crippen molar-refractivity contribution in [3.05, 3.63) is 41.7 Å². The van der Waals surface area contributed by atoms with Gasteiger partial charge in [0.05, 0.1) is 30.3 Å². The number of ether oxygens (including phenoxy) is 1. The van der Waals surface area contributed by atoms with E-state index in [-0.39, 0.29) is 13.2 Å². The maximum atomic E-state index is 12.7. The van der Waals surface area contributed by atoms with Crippen molar-refractivity contribution in [3.63, 3.8) is 0 Å². The predicted molar refractivity (Wildman–Crippen MR) is 74.5 cm³/mol. The molecule has 1 unspecified atom stereocenters. The Morgan fingerprint density at radius 2 is 2.05 bits per heavy atom. The Balaban J connectivity index is 2.02. The van der Waals surface area contributed by atoms with Crippen LogP contribution in [0.5, 0.6) is 0 Å². The zero-order chi connectivity index (χ0) is 15.7. The van der Waals surface area contributed by atoms with Crippen molar-refractivity contribution in [1.82, 2.24) is 19.9 Å². The first kappa shape index (κ1) is 14.2. The zero-order valence-corrected chi connectivity index (χ0v) is 11.8. The van der Waals surface area contributed by atoms with E-state index in [1.54, 1.807) is 12.1 Å². The van der Waals surface area contributed by atoms with Crippen molar-refractivity contribution in [1.29, 1.82) is 0 Å². The second-order valence-corrected chi connectivity index (χ2v) is 4.90. The molecule has 1 N–H and O–H groups in total. The number of carboxylic acids is 1. The molecule has 22 heavy (non-hydrogen) atoms. The molecule has 0 aliphatic carbocycles. The number of aryl methyl sites for hydroxylation is 1. The van der Waals surface area contributed by atoms with Crippen LogP contribution >= 0.6 is 0 Å². The highest BCUT2D eigenvalue weighted by atomic mass is 16.5. The summed E-state index contributed by atoms with van der Waals surface area (Å²) in [6.07, 6.45) is 1.76. The maximum Gasteiger partial charge on any atom is 0.354 e. The van der Waals surface area contributed by atoms with E-state index < -0.39 is 18.1 Å². The third-order valence-corrected chi connectivity index (χ3v) is 3.38. The summed E-state index contributed by atoms with van der Waals surface area (Å²) in [6.45, 7) is 2.28. The van der Waals surface area contributed by atoms with Gasteiger partial charge in [-0.05, 0) is 19.1 Å². The van der Waals surface area contributed by atoms with Crippen LogP contribution in [0.2, 0.25) is 0 Å². The number of aromatic nitrogens is 3. The molecule has 114 valence electrons. The van der Waals surface area contributed by atoms with Crippen molar-refractivity contribution in [2.24, 2.45) is 0 Å². The maximum absolute atomic E-state index is 12.7. The highest BCUT2D eigenvalue weighted by molar-refractivity contribution is 5.99. The minimum absolute atomic E-state index is 0.198. The number of amides is 1. The van der Waals surface area contributed by atoms with Crippen LogP contribution in [-0.2, 0) is 9.53 Å². The van der Waals surface area contributed by atoms with E-state index in [0.29, 0.717) is 11.3 Å². The molecule has 3 rings (SSSR count). The molecular weight excluding hydrogens is 288 g/mol. The first-order chi connectivity index (χ1) is 10.6. The molecule has 0 bridgehead atoms. The Morgan fingerprint density at radius 3 is 2.73 bits per heavy atom. The number of carboxylic acid groups (broad SMARTS) is 1. The Morgan fingerprint density at radius 1 is 1.32 bits per heavy atom. The normalized spacial score (nSPS) is 17.7. The number of nitrogens with zero attached hydrogens (tertiary/aromatic N) is 4. The number of hydrogen-bond donors (Lipinski definition) is 1. The summed E-state index contributed by atoms with van der Waals surface area (Å²) in [5, 5.41) is 17.2. The molecule has 1 aliphatic rings. The van der Waals surface area contributed by atoms with Gasteiger partial charge in [-0.15, -0.1) is 0 Å². The minimum Gasteiger partial charge on any atom is -0.478 e. The lowest BCUT2D eigenvalue weighted by Crippen LogP contribution is -2.41. The van der Waals surface area contributed by atoms with Crippen molar-refractivity contribution >= 4 is 11.9 Å². The van der Waals surface area contributed by atoms with Gasteiger partial charge in [-0.3, -0.25) is 4.79 Å². The third kappa shape index (κ3) is 2.44. The minimum atomic E-state index is -1.26. The van der Waals surface area contributed by atoms with E-state index in [1.807, 2.05) is 13.0 Å². The first-order valence-electron chi connectivity index (χ1n) is 6.70. The number of hydrogen-bond acceptors (Lipinski definition) is 5. The summed E-state index contributed by atoms with van der Waals surface area (Å²) in [4.78, 5) is 26.5. The topological polar surface area (TPSA) is 97.5 Å². The molecule has 1 aromatic carbocycles. The number of rotatable bonds is 3. The van der Waals surface area contributed by atoms with Gasteiger partial charge >= 0.3 is 5.97 Å². The summed E-state index contributed by atoms with van der Waals surface area (Å²) >= 11 is 0. The fourth-order valence-electron chi connectivity index (χ4n) is 2.37. The molecule has 0 saturated carbocycles. The summed E-state index contributed by atoms with van der Waals surface area (Å²) in [5.41, 5.74) is 1.72. The molecule has 8 nitrogen and oxygen atoms in total. The van der Waals surface area contributed by atoms with Crippen LogP contribution in [0.25, 0.3) is 5.69 Å². The summed E-state index contributed by atoms with van der Waals surface area (Å²) in [6, 6.07) is 5.26. The van der Waals surface area contributed by atoms with Gasteiger partial charge < -0.3 is 14.7 Å². The largest absolute Gasteiger partial charge is 0.478 e. The van der Waals surface area contributed by atoms with Gasteiger partial charge in [-0.25, -0.2) is 4.79 Å². The molecule has 1 atom stereocenters. The molecule has 1 aliphatic heterocycles. The lowest BCUT2D eigenvalue weighted by Gasteiger charge is -2.21. The average Bonchev–Trinajstić information content (AvgIpc) is 3.17. The highest BCUT2D eigenvalue weighted by Gasteiger charge is 2.36. The Bertz CT molecular complexity index is 714. The molecular formula is C14H14N4O4. The zero-order valence-electron chi connectivity index (χ0n) is 11.8. The van der Waals surface area contributed by atoms with E-state index in [1.165, 1.54) is 22.1 Å². The molecule has 1 amide bonds. The van der Waals surface area contributed by atoms with Crippen LogP contribution < -0.4 is 0 Å². The van der Waals surface area contributed by atoms with Gasteiger partial charge in [-0.1, -0.05) is 11.6 Å². The van der Waals surface area contributed by atoms with Gasteiger partial charge in [0, 0.05) is 6.54 Å². The highest BCUT2D eigenvalue weighted by Crippen LogP contribution is 2.21. The first-order valence-corrected chi connectivity index (χ1v) is 6.70. The monoisotopic (exact) mass is 302 g/mol. The molecule has 1 saturated heterocycles. The fourth-order valence-corrected chi connectivity index (χ4v) is 2.37. The molecule has 0 radical (unpaired) electrons. The summed E-state index contributed by atoms with van der Waals surface area (Å²) in [7, 11) is 0. The van der Waals surface area contributed by atoms with Gasteiger partial charge in [0.1, 0.15) is 0 Å². The molecule has 2 heterocycles. The Hall–Kier alpha value is -2.74. The van der Waals surface area contributed by atoms with Gasteiger partial charge in [0.25, 0.3) is 5.91 Å². The van der Waals surface area contributed by atoms with Crippen LogP contribution in [0, 0.1) is 6.92 Å². The SMILES string of the molecule is Cc1ccc(-n2nccn2)c(C(=O)N2CCOC2C(=O)O)c1. The molecule has 1 aromatic heterocycles. The van der Waals surface area contributed by atoms with E-state index in [4.69, 9.17) is 9.84 Å². The van der Waals surface area contributed by atoms with Crippen molar-refractivity contribution < 1.29 is 19.4 Å². The van der Waals surface area contributed by atoms with E-state index in [2.05, 4.69) is 10.2 Å². The number of benzene rings is 1. The second-order valence-electron chi connectivity index (χ2n) is 4.90. The number of aliphatic carboxylic acids is 1. The Kier molecular flexibility index (Phi) is 3.60. The van der Waals surface area contributed by atoms with Crippen LogP contribution in [-0.4, -0.2) is 56.3 Å². The smallest absolute Gasteiger partial charge is 0.354 e. The van der Waals surface area contributed by atoms with Crippen molar-refractivity contribution in [2.45, 2.75) is 13.2 Å². The van der Waals surface area contributed by atoms with Crippen LogP contribution in [0.3, 0.4) is 0 Å². The van der Waals surface area contributed by atoms with Crippen LogP contribution in [0.1, 0.15) is 15.9 Å². The standard InChI is InChI=1S/C14H14N4O4/c1-9-2-3-11(18-15-4-5-16-18)10(8-9)12(19)17-6-7-22-13(17)14(20)21/h2-5,8,13H,6-7H2,1H3,(H,20,21).